The Labute approximate surface area is 127 Å². The largest absolute Gasteiger partial charge is 0.378 e. The Morgan fingerprint density at radius 2 is 1.95 bits per heavy atom. The molecule has 102 valence electrons. The summed E-state index contributed by atoms with van der Waals surface area (Å²) in [5.74, 6) is -1.57. The van der Waals surface area contributed by atoms with Crippen LogP contribution in [-0.2, 0) is 6.54 Å². The Balaban J connectivity index is 2.23. The fourth-order valence-electron chi connectivity index (χ4n) is 1.57. The molecular formula is C13H7BrClF2N3. The van der Waals surface area contributed by atoms with Crippen LogP contribution in [0.25, 0.3) is 0 Å². The standard InChI is InChI=1S/C13H7BrClF2N3/c14-8-3-12(13(15)20-5-8)19-6-9-10(16)1-7(4-18)2-11(9)17/h1-3,5,19H,6H2. The number of rotatable bonds is 3. The molecule has 0 atom stereocenters. The number of halogens is 4. The molecule has 2 rings (SSSR count). The van der Waals surface area contributed by atoms with Crippen molar-refractivity contribution in [2.75, 3.05) is 5.32 Å². The van der Waals surface area contributed by atoms with Gasteiger partial charge < -0.3 is 5.32 Å². The highest BCUT2D eigenvalue weighted by Crippen LogP contribution is 2.24. The van der Waals surface area contributed by atoms with Crippen molar-refractivity contribution in [3.63, 3.8) is 0 Å². The van der Waals surface area contributed by atoms with Gasteiger partial charge in [-0.25, -0.2) is 13.8 Å². The van der Waals surface area contributed by atoms with Gasteiger partial charge in [-0.3, -0.25) is 0 Å². The van der Waals surface area contributed by atoms with Gasteiger partial charge in [-0.2, -0.15) is 5.26 Å². The first-order valence-electron chi connectivity index (χ1n) is 5.44. The fraction of sp³-hybridized carbons (Fsp3) is 0.0769. The van der Waals surface area contributed by atoms with E-state index in [4.69, 9.17) is 16.9 Å². The number of pyridine rings is 1. The van der Waals surface area contributed by atoms with E-state index < -0.39 is 11.6 Å². The van der Waals surface area contributed by atoms with Gasteiger partial charge >= 0.3 is 0 Å². The van der Waals surface area contributed by atoms with E-state index in [9.17, 15) is 8.78 Å². The van der Waals surface area contributed by atoms with Crippen LogP contribution in [0.1, 0.15) is 11.1 Å². The zero-order valence-corrected chi connectivity index (χ0v) is 12.3. The molecule has 0 aliphatic carbocycles. The van der Waals surface area contributed by atoms with Crippen molar-refractivity contribution in [3.8, 4) is 6.07 Å². The molecular weight excluding hydrogens is 352 g/mol. The van der Waals surface area contributed by atoms with E-state index in [0.717, 1.165) is 12.1 Å². The van der Waals surface area contributed by atoms with Crippen LogP contribution in [0.5, 0.6) is 0 Å². The molecule has 1 aromatic carbocycles. The number of nitrogens with zero attached hydrogens (tertiary/aromatic N) is 2. The van der Waals surface area contributed by atoms with Crippen LogP contribution in [0.2, 0.25) is 5.15 Å². The summed E-state index contributed by atoms with van der Waals surface area (Å²) in [4.78, 5) is 3.89. The molecule has 20 heavy (non-hydrogen) atoms. The molecule has 0 unspecified atom stereocenters. The van der Waals surface area contributed by atoms with Gasteiger partial charge in [0.1, 0.15) is 11.6 Å². The molecule has 0 saturated carbocycles. The van der Waals surface area contributed by atoms with E-state index in [1.807, 2.05) is 0 Å². The van der Waals surface area contributed by atoms with Gasteiger partial charge in [0, 0.05) is 22.8 Å². The lowest BCUT2D eigenvalue weighted by molar-refractivity contribution is 0.559. The van der Waals surface area contributed by atoms with E-state index in [-0.39, 0.29) is 22.8 Å². The summed E-state index contributed by atoms with van der Waals surface area (Å²) in [6, 6.07) is 5.31. The molecule has 0 fully saturated rings. The predicted octanol–water partition coefficient (Wildman–Crippen LogP) is 4.26. The fourth-order valence-corrected chi connectivity index (χ4v) is 2.07. The molecule has 7 heteroatoms. The van der Waals surface area contributed by atoms with Gasteiger partial charge in [0.2, 0.25) is 0 Å². The molecule has 1 N–H and O–H groups in total. The van der Waals surface area contributed by atoms with Gasteiger partial charge in [-0.05, 0) is 34.1 Å². The third kappa shape index (κ3) is 3.24. The van der Waals surface area contributed by atoms with Crippen LogP contribution < -0.4 is 5.32 Å². The first kappa shape index (κ1) is 14.7. The quantitative estimate of drug-likeness (QED) is 0.834. The third-order valence-electron chi connectivity index (χ3n) is 2.53. The van der Waals surface area contributed by atoms with Crippen molar-refractivity contribution >= 4 is 33.2 Å². The molecule has 0 amide bonds. The summed E-state index contributed by atoms with van der Waals surface area (Å²) < 4.78 is 28.1. The lowest BCUT2D eigenvalue weighted by Crippen LogP contribution is -2.06. The Morgan fingerprint density at radius 1 is 1.30 bits per heavy atom. The lowest BCUT2D eigenvalue weighted by Gasteiger charge is -2.10. The molecule has 0 bridgehead atoms. The smallest absolute Gasteiger partial charge is 0.152 e. The Bertz CT molecular complexity index is 677. The maximum atomic E-state index is 13.7. The van der Waals surface area contributed by atoms with Crippen LogP contribution in [0.15, 0.2) is 28.9 Å². The van der Waals surface area contributed by atoms with E-state index in [0.29, 0.717) is 10.2 Å². The van der Waals surface area contributed by atoms with E-state index in [1.54, 1.807) is 12.1 Å². The van der Waals surface area contributed by atoms with Crippen LogP contribution in [0.4, 0.5) is 14.5 Å². The number of hydrogen-bond acceptors (Lipinski definition) is 3. The topological polar surface area (TPSA) is 48.7 Å². The monoisotopic (exact) mass is 357 g/mol. The second kappa shape index (κ2) is 6.16. The van der Waals surface area contributed by atoms with Crippen molar-refractivity contribution < 1.29 is 8.78 Å². The molecule has 0 radical (unpaired) electrons. The predicted molar refractivity (Wildman–Crippen MR) is 75.3 cm³/mol. The summed E-state index contributed by atoms with van der Waals surface area (Å²) in [5, 5.41) is 11.6. The number of nitriles is 1. The highest BCUT2D eigenvalue weighted by Gasteiger charge is 2.12. The molecule has 0 aliphatic heterocycles. The normalized spacial score (nSPS) is 10.2. The minimum Gasteiger partial charge on any atom is -0.378 e. The summed E-state index contributed by atoms with van der Waals surface area (Å²) in [6.07, 6.45) is 1.51. The van der Waals surface area contributed by atoms with Crippen LogP contribution in [0.3, 0.4) is 0 Å². The van der Waals surface area contributed by atoms with Gasteiger partial charge in [-0.1, -0.05) is 11.6 Å². The Kier molecular flexibility index (Phi) is 4.53. The van der Waals surface area contributed by atoms with Crippen molar-refractivity contribution in [2.24, 2.45) is 0 Å². The second-order valence-corrected chi connectivity index (χ2v) is 5.15. The van der Waals surface area contributed by atoms with Crippen LogP contribution in [-0.4, -0.2) is 4.98 Å². The van der Waals surface area contributed by atoms with Crippen molar-refractivity contribution in [3.05, 3.63) is 56.8 Å². The van der Waals surface area contributed by atoms with Crippen molar-refractivity contribution in [2.45, 2.75) is 6.54 Å². The number of aromatic nitrogens is 1. The molecule has 0 aliphatic rings. The molecule has 1 aromatic heterocycles. The minimum absolute atomic E-state index is 0.0640. The molecule has 0 saturated heterocycles. The van der Waals surface area contributed by atoms with Gasteiger partial charge in [0.25, 0.3) is 0 Å². The summed E-state index contributed by atoms with van der Waals surface area (Å²) in [5.41, 5.74) is 0.218. The summed E-state index contributed by atoms with van der Waals surface area (Å²) in [6.45, 7) is -0.110. The van der Waals surface area contributed by atoms with Crippen LogP contribution in [0, 0.1) is 23.0 Å². The number of nitrogens with one attached hydrogen (secondary N) is 1. The average Bonchev–Trinajstić information content (AvgIpc) is 2.41. The molecule has 2 aromatic rings. The SMILES string of the molecule is N#Cc1cc(F)c(CNc2cc(Br)cnc2Cl)c(F)c1. The van der Waals surface area contributed by atoms with Gasteiger partial charge in [0.15, 0.2) is 5.15 Å². The highest BCUT2D eigenvalue weighted by molar-refractivity contribution is 9.10. The van der Waals surface area contributed by atoms with E-state index in [1.165, 1.54) is 6.20 Å². The van der Waals surface area contributed by atoms with E-state index >= 15 is 0 Å². The summed E-state index contributed by atoms with van der Waals surface area (Å²) >= 11 is 9.09. The maximum Gasteiger partial charge on any atom is 0.152 e. The number of anilines is 1. The maximum absolute atomic E-state index is 13.7. The molecule has 3 nitrogen and oxygen atoms in total. The van der Waals surface area contributed by atoms with Crippen molar-refractivity contribution in [1.29, 1.82) is 5.26 Å². The Hall–Kier alpha value is -1.71. The minimum atomic E-state index is -0.784. The first-order valence-corrected chi connectivity index (χ1v) is 6.61. The Morgan fingerprint density at radius 3 is 2.55 bits per heavy atom. The third-order valence-corrected chi connectivity index (χ3v) is 3.27. The summed E-state index contributed by atoms with van der Waals surface area (Å²) in [7, 11) is 0. The average molecular weight is 359 g/mol. The first-order chi connectivity index (χ1) is 9.51. The van der Waals surface area contributed by atoms with E-state index in [2.05, 4.69) is 26.2 Å². The highest BCUT2D eigenvalue weighted by atomic mass is 79.9. The molecule has 0 spiro atoms. The van der Waals surface area contributed by atoms with Crippen LogP contribution >= 0.6 is 27.5 Å². The second-order valence-electron chi connectivity index (χ2n) is 3.88. The molecule has 1 heterocycles. The number of hydrogen-bond donors (Lipinski definition) is 1. The van der Waals surface area contributed by atoms with Gasteiger partial charge in [-0.15, -0.1) is 0 Å². The zero-order valence-electron chi connectivity index (χ0n) is 9.92. The zero-order chi connectivity index (χ0) is 14.7. The van der Waals surface area contributed by atoms with Gasteiger partial charge in [0.05, 0.1) is 17.3 Å². The number of benzene rings is 1. The van der Waals surface area contributed by atoms with Crippen molar-refractivity contribution in [1.82, 2.24) is 4.98 Å². The lowest BCUT2D eigenvalue weighted by atomic mass is 10.1.